The number of aryl methyl sites for hydroxylation is 1. The second-order valence-corrected chi connectivity index (χ2v) is 9.13. The second kappa shape index (κ2) is 8.58. The van der Waals surface area contributed by atoms with E-state index in [1.165, 1.54) is 0 Å². The Bertz CT molecular complexity index is 1330. The van der Waals surface area contributed by atoms with Crippen LogP contribution in [0.25, 0.3) is 10.8 Å². The first-order valence-corrected chi connectivity index (χ1v) is 11.6. The van der Waals surface area contributed by atoms with Gasteiger partial charge in [-0.2, -0.15) is 10.4 Å². The summed E-state index contributed by atoms with van der Waals surface area (Å²) >= 11 is 0. The van der Waals surface area contributed by atoms with Crippen LogP contribution >= 0.6 is 0 Å². The molecule has 0 aliphatic carbocycles. The lowest BCUT2D eigenvalue weighted by Gasteiger charge is -2.28. The van der Waals surface area contributed by atoms with Crippen molar-refractivity contribution in [3.63, 3.8) is 0 Å². The van der Waals surface area contributed by atoms with Crippen LogP contribution in [0.5, 0.6) is 0 Å². The normalized spacial score (nSPS) is 19.8. The maximum absolute atomic E-state index is 13.5. The molecule has 174 valence electrons. The zero-order valence-corrected chi connectivity index (χ0v) is 19.8. The Hall–Kier alpha value is -3.70. The van der Waals surface area contributed by atoms with Crippen LogP contribution in [-0.2, 0) is 4.74 Å². The first-order chi connectivity index (χ1) is 16.4. The lowest BCUT2D eigenvalue weighted by Crippen LogP contribution is -2.41. The van der Waals surface area contributed by atoms with Gasteiger partial charge in [0.1, 0.15) is 0 Å². The van der Waals surface area contributed by atoms with Crippen molar-refractivity contribution in [2.24, 2.45) is 0 Å². The number of aromatic nitrogens is 2. The molecule has 0 spiro atoms. The molecule has 2 N–H and O–H groups in total. The molecule has 2 unspecified atom stereocenters. The van der Waals surface area contributed by atoms with Gasteiger partial charge >= 0.3 is 0 Å². The molecule has 2 aromatic carbocycles. The average molecular weight is 457 g/mol. The molecule has 1 aromatic heterocycles. The van der Waals surface area contributed by atoms with Crippen LogP contribution in [0, 0.1) is 25.2 Å². The molecular formula is C26H28N6O2. The fraction of sp³-hybridized carbons (Fsp3) is 0.385. The molecule has 8 heteroatoms. The largest absolute Gasteiger partial charge is 0.387 e. The number of nitriles is 1. The van der Waals surface area contributed by atoms with E-state index in [1.54, 1.807) is 0 Å². The van der Waals surface area contributed by atoms with Crippen LogP contribution in [0.4, 0.5) is 11.5 Å². The van der Waals surface area contributed by atoms with Gasteiger partial charge in [-0.1, -0.05) is 12.1 Å². The fourth-order valence-electron chi connectivity index (χ4n) is 5.15. The number of ether oxygens (including phenoxy) is 1. The summed E-state index contributed by atoms with van der Waals surface area (Å²) in [6.45, 7) is 7.16. The third kappa shape index (κ3) is 3.62. The van der Waals surface area contributed by atoms with E-state index in [1.807, 2.05) is 63.1 Å². The van der Waals surface area contributed by atoms with Crippen molar-refractivity contribution in [3.8, 4) is 6.07 Å². The number of anilines is 2. The van der Waals surface area contributed by atoms with E-state index in [-0.39, 0.29) is 24.1 Å². The lowest BCUT2D eigenvalue weighted by atomic mass is 9.98. The van der Waals surface area contributed by atoms with Crippen LogP contribution < -0.4 is 10.6 Å². The summed E-state index contributed by atoms with van der Waals surface area (Å²) in [6, 6.07) is 11.9. The number of fused-ring (bicyclic) bond motifs is 3. The Morgan fingerprint density at radius 1 is 1.26 bits per heavy atom. The minimum absolute atomic E-state index is 0.0186. The molecule has 8 nitrogen and oxygen atoms in total. The molecule has 2 fully saturated rings. The van der Waals surface area contributed by atoms with Crippen molar-refractivity contribution in [2.45, 2.75) is 45.4 Å². The van der Waals surface area contributed by atoms with Gasteiger partial charge < -0.3 is 20.3 Å². The minimum atomic E-state index is -0.0898. The van der Waals surface area contributed by atoms with Gasteiger partial charge in [-0.15, -0.1) is 5.10 Å². The summed E-state index contributed by atoms with van der Waals surface area (Å²) in [4.78, 5) is 15.4. The van der Waals surface area contributed by atoms with Crippen molar-refractivity contribution in [1.82, 2.24) is 15.1 Å². The first-order valence-electron chi connectivity index (χ1n) is 11.6. The minimum Gasteiger partial charge on any atom is -0.387 e. The topological polar surface area (TPSA) is 103 Å². The molecule has 2 bridgehead atoms. The highest BCUT2D eigenvalue weighted by molar-refractivity contribution is 6.07. The van der Waals surface area contributed by atoms with Crippen molar-refractivity contribution < 1.29 is 9.53 Å². The van der Waals surface area contributed by atoms with Gasteiger partial charge in [-0.25, -0.2) is 0 Å². The predicted octanol–water partition coefficient (Wildman–Crippen LogP) is 3.95. The molecule has 3 atom stereocenters. The number of morpholine rings is 1. The van der Waals surface area contributed by atoms with Gasteiger partial charge in [0.2, 0.25) is 0 Å². The summed E-state index contributed by atoms with van der Waals surface area (Å²) in [7, 11) is 1.82. The van der Waals surface area contributed by atoms with Gasteiger partial charge in [-0.05, 0) is 56.5 Å². The number of carbonyl (C=O) groups excluding carboxylic acids is 1. The molecule has 5 rings (SSSR count). The maximum Gasteiger partial charge on any atom is 0.256 e. The third-order valence-electron chi connectivity index (χ3n) is 7.08. The zero-order chi connectivity index (χ0) is 24.0. The third-order valence-corrected chi connectivity index (χ3v) is 7.08. The molecule has 3 aromatic rings. The molecule has 3 heterocycles. The van der Waals surface area contributed by atoms with Gasteiger partial charge in [0.25, 0.3) is 5.91 Å². The Morgan fingerprint density at radius 3 is 2.76 bits per heavy atom. The van der Waals surface area contributed by atoms with Crippen LogP contribution in [0.2, 0.25) is 0 Å². The highest BCUT2D eigenvalue weighted by atomic mass is 16.5. The van der Waals surface area contributed by atoms with E-state index in [9.17, 15) is 10.1 Å². The molecule has 2 aliphatic heterocycles. The van der Waals surface area contributed by atoms with E-state index in [4.69, 9.17) is 4.74 Å². The Labute approximate surface area is 198 Å². The van der Waals surface area contributed by atoms with Gasteiger partial charge in [0, 0.05) is 30.1 Å². The second-order valence-electron chi connectivity index (χ2n) is 9.13. The number of carbonyl (C=O) groups is 1. The number of likely N-dealkylation sites (tertiary alicyclic amines) is 1. The van der Waals surface area contributed by atoms with Crippen LogP contribution in [0.3, 0.4) is 0 Å². The van der Waals surface area contributed by atoms with Crippen molar-refractivity contribution in [2.75, 3.05) is 30.8 Å². The Kier molecular flexibility index (Phi) is 5.58. The maximum atomic E-state index is 13.5. The number of amides is 1. The number of hydrogen-bond donors (Lipinski definition) is 2. The monoisotopic (exact) mass is 456 g/mol. The summed E-state index contributed by atoms with van der Waals surface area (Å²) in [6.07, 6.45) is 1.07. The number of nitrogens with one attached hydrogen (secondary N) is 2. The summed E-state index contributed by atoms with van der Waals surface area (Å²) < 4.78 is 5.67. The summed E-state index contributed by atoms with van der Waals surface area (Å²) in [5, 5.41) is 26.6. The highest BCUT2D eigenvalue weighted by Gasteiger charge is 2.42. The van der Waals surface area contributed by atoms with Crippen molar-refractivity contribution in [1.29, 1.82) is 5.26 Å². The fourth-order valence-corrected chi connectivity index (χ4v) is 5.15. The van der Waals surface area contributed by atoms with E-state index < -0.39 is 0 Å². The van der Waals surface area contributed by atoms with E-state index >= 15 is 0 Å². The zero-order valence-electron chi connectivity index (χ0n) is 19.8. The standard InChI is InChI=1S/C26H28N6O2/c1-14-17(11-27)6-5-7-20(14)15(2)29-25-22-10-24(28-4)23(9-21(22)16(3)30-31-25)26(33)32-12-19-8-18(32)13-34-19/h5-7,9-10,15,18-19,28H,8,12-13H2,1-4H3,(H,29,31)/t15-,18?,19?/m1/s1. The molecule has 34 heavy (non-hydrogen) atoms. The Balaban J connectivity index is 1.53. The molecule has 2 aliphatic rings. The number of rotatable bonds is 5. The molecular weight excluding hydrogens is 428 g/mol. The number of hydrogen-bond acceptors (Lipinski definition) is 7. The molecule has 2 saturated heterocycles. The summed E-state index contributed by atoms with van der Waals surface area (Å²) in [5.41, 5.74) is 4.79. The quantitative estimate of drug-likeness (QED) is 0.599. The number of nitrogens with zero attached hydrogens (tertiary/aromatic N) is 4. The van der Waals surface area contributed by atoms with Crippen LogP contribution in [0.1, 0.15) is 52.1 Å². The van der Waals surface area contributed by atoms with Crippen molar-refractivity contribution in [3.05, 3.63) is 58.3 Å². The smallest absolute Gasteiger partial charge is 0.256 e. The number of benzene rings is 2. The lowest BCUT2D eigenvalue weighted by molar-refractivity contribution is 0.0260. The van der Waals surface area contributed by atoms with Crippen LogP contribution in [0.15, 0.2) is 30.3 Å². The van der Waals surface area contributed by atoms with Crippen LogP contribution in [-0.4, -0.2) is 53.3 Å². The van der Waals surface area contributed by atoms with Gasteiger partial charge in [-0.3, -0.25) is 4.79 Å². The molecule has 0 saturated carbocycles. The van der Waals surface area contributed by atoms with Gasteiger partial charge in [0.15, 0.2) is 5.82 Å². The highest BCUT2D eigenvalue weighted by Crippen LogP contribution is 2.35. The van der Waals surface area contributed by atoms with Gasteiger partial charge in [0.05, 0.1) is 47.7 Å². The SMILES string of the molecule is CNc1cc2c(N[C@H](C)c3cccc(C#N)c3C)nnc(C)c2cc1C(=O)N1CC2CC1CO2. The summed E-state index contributed by atoms with van der Waals surface area (Å²) in [5.74, 6) is 0.657. The van der Waals surface area contributed by atoms with E-state index in [2.05, 4.69) is 26.9 Å². The molecule has 0 radical (unpaired) electrons. The molecule has 1 amide bonds. The van der Waals surface area contributed by atoms with E-state index in [0.29, 0.717) is 30.1 Å². The average Bonchev–Trinajstić information content (AvgIpc) is 3.48. The predicted molar refractivity (Wildman–Crippen MR) is 131 cm³/mol. The van der Waals surface area contributed by atoms with E-state index in [0.717, 1.165) is 39.7 Å². The van der Waals surface area contributed by atoms with Crippen molar-refractivity contribution >= 4 is 28.2 Å². The first kappa shape index (κ1) is 22.1. The Morgan fingerprint density at radius 2 is 2.09 bits per heavy atom.